The van der Waals surface area contributed by atoms with Crippen LogP contribution in [-0.4, -0.2) is 7.05 Å². The first-order valence-corrected chi connectivity index (χ1v) is 7.81. The SMILES string of the molecule is CNC(c1cc(Br)ccc1C)c1cc(C)c(Cl)cc1C. The first kappa shape index (κ1) is 15.6. The van der Waals surface area contributed by atoms with Crippen molar-refractivity contribution in [3.8, 4) is 0 Å². The Labute approximate surface area is 134 Å². The van der Waals surface area contributed by atoms with Crippen molar-refractivity contribution < 1.29 is 0 Å². The zero-order valence-electron chi connectivity index (χ0n) is 12.2. The standard InChI is InChI=1S/C17H19BrClN/c1-10-5-6-13(18)9-15(10)17(20-4)14-7-12(3)16(19)8-11(14)2/h5-9,17,20H,1-4H3. The van der Waals surface area contributed by atoms with Crippen molar-refractivity contribution >= 4 is 27.5 Å². The second kappa shape index (κ2) is 6.30. The molecule has 0 radical (unpaired) electrons. The molecule has 0 fully saturated rings. The van der Waals surface area contributed by atoms with E-state index in [2.05, 4.69) is 59.4 Å². The van der Waals surface area contributed by atoms with E-state index in [0.717, 1.165) is 15.1 Å². The van der Waals surface area contributed by atoms with Crippen LogP contribution < -0.4 is 5.32 Å². The Bertz CT molecular complexity index is 637. The van der Waals surface area contributed by atoms with E-state index < -0.39 is 0 Å². The summed E-state index contributed by atoms with van der Waals surface area (Å²) in [5, 5.41) is 4.25. The van der Waals surface area contributed by atoms with Crippen LogP contribution in [0.15, 0.2) is 34.8 Å². The van der Waals surface area contributed by atoms with E-state index in [1.54, 1.807) is 0 Å². The normalized spacial score (nSPS) is 12.5. The number of rotatable bonds is 3. The van der Waals surface area contributed by atoms with E-state index in [1.165, 1.54) is 22.3 Å². The third kappa shape index (κ3) is 3.08. The monoisotopic (exact) mass is 351 g/mol. The molecule has 0 aliphatic rings. The van der Waals surface area contributed by atoms with Gasteiger partial charge in [0.15, 0.2) is 0 Å². The Hall–Kier alpha value is -0.830. The summed E-state index contributed by atoms with van der Waals surface area (Å²) in [6, 6.07) is 10.8. The average Bonchev–Trinajstić information content (AvgIpc) is 2.40. The molecule has 0 spiro atoms. The maximum Gasteiger partial charge on any atom is 0.0580 e. The van der Waals surface area contributed by atoms with Crippen molar-refractivity contribution in [3.63, 3.8) is 0 Å². The minimum atomic E-state index is 0.170. The fraction of sp³-hybridized carbons (Fsp3) is 0.294. The van der Waals surface area contributed by atoms with Crippen LogP contribution >= 0.6 is 27.5 Å². The average molecular weight is 353 g/mol. The summed E-state index contributed by atoms with van der Waals surface area (Å²) in [6.07, 6.45) is 0. The van der Waals surface area contributed by atoms with Crippen LogP contribution in [0.5, 0.6) is 0 Å². The highest BCUT2D eigenvalue weighted by Crippen LogP contribution is 2.31. The molecule has 0 saturated heterocycles. The van der Waals surface area contributed by atoms with Crippen LogP contribution in [0.3, 0.4) is 0 Å². The summed E-state index contributed by atoms with van der Waals surface area (Å²) in [7, 11) is 1.99. The first-order chi connectivity index (χ1) is 9.43. The molecule has 0 aromatic heterocycles. The molecule has 0 bridgehead atoms. The van der Waals surface area contributed by atoms with E-state index in [0.29, 0.717) is 0 Å². The van der Waals surface area contributed by atoms with E-state index in [9.17, 15) is 0 Å². The zero-order chi connectivity index (χ0) is 14.9. The number of benzene rings is 2. The maximum atomic E-state index is 6.21. The molecule has 0 aliphatic heterocycles. The fourth-order valence-electron chi connectivity index (χ4n) is 2.52. The van der Waals surface area contributed by atoms with Crippen LogP contribution in [0.2, 0.25) is 5.02 Å². The lowest BCUT2D eigenvalue weighted by molar-refractivity contribution is 0.682. The Morgan fingerprint density at radius 3 is 2.25 bits per heavy atom. The van der Waals surface area contributed by atoms with Crippen molar-refractivity contribution in [2.24, 2.45) is 0 Å². The van der Waals surface area contributed by atoms with Crippen molar-refractivity contribution in [1.82, 2.24) is 5.32 Å². The molecule has 0 saturated carbocycles. The molecule has 0 aliphatic carbocycles. The summed E-state index contributed by atoms with van der Waals surface area (Å²) in [6.45, 7) is 6.30. The van der Waals surface area contributed by atoms with Crippen LogP contribution in [0.25, 0.3) is 0 Å². The molecule has 3 heteroatoms. The highest BCUT2D eigenvalue weighted by atomic mass is 79.9. The number of hydrogen-bond acceptors (Lipinski definition) is 1. The Kier molecular flexibility index (Phi) is 4.90. The van der Waals surface area contributed by atoms with Gasteiger partial charge in [0.2, 0.25) is 0 Å². The van der Waals surface area contributed by atoms with Crippen molar-refractivity contribution in [2.75, 3.05) is 7.05 Å². The van der Waals surface area contributed by atoms with Gasteiger partial charge >= 0.3 is 0 Å². The molecule has 1 atom stereocenters. The molecule has 1 N–H and O–H groups in total. The lowest BCUT2D eigenvalue weighted by Crippen LogP contribution is -2.20. The van der Waals surface area contributed by atoms with Crippen LogP contribution in [-0.2, 0) is 0 Å². The number of aryl methyl sites for hydroxylation is 3. The summed E-state index contributed by atoms with van der Waals surface area (Å²) < 4.78 is 1.10. The van der Waals surface area contributed by atoms with E-state index in [4.69, 9.17) is 11.6 Å². The Morgan fingerprint density at radius 2 is 1.60 bits per heavy atom. The molecular weight excluding hydrogens is 334 g/mol. The molecule has 20 heavy (non-hydrogen) atoms. The van der Waals surface area contributed by atoms with Gasteiger partial charge in [-0.25, -0.2) is 0 Å². The third-order valence-electron chi connectivity index (χ3n) is 3.70. The lowest BCUT2D eigenvalue weighted by atomic mass is 9.91. The van der Waals surface area contributed by atoms with Gasteiger partial charge in [0.25, 0.3) is 0 Å². The van der Waals surface area contributed by atoms with Crippen molar-refractivity contribution in [1.29, 1.82) is 0 Å². The summed E-state index contributed by atoms with van der Waals surface area (Å²) in [5.41, 5.74) is 6.15. The topological polar surface area (TPSA) is 12.0 Å². The quantitative estimate of drug-likeness (QED) is 0.786. The van der Waals surface area contributed by atoms with Crippen molar-refractivity contribution in [2.45, 2.75) is 26.8 Å². The highest BCUT2D eigenvalue weighted by Gasteiger charge is 2.17. The Morgan fingerprint density at radius 1 is 0.950 bits per heavy atom. The van der Waals surface area contributed by atoms with Gasteiger partial charge in [0.1, 0.15) is 0 Å². The summed E-state index contributed by atoms with van der Waals surface area (Å²) in [5.74, 6) is 0. The van der Waals surface area contributed by atoms with Crippen LogP contribution in [0.1, 0.15) is 33.9 Å². The molecule has 2 aromatic carbocycles. The predicted molar refractivity (Wildman–Crippen MR) is 90.7 cm³/mol. The summed E-state index contributed by atoms with van der Waals surface area (Å²) >= 11 is 9.77. The molecular formula is C17H19BrClN. The van der Waals surface area contributed by atoms with E-state index in [-0.39, 0.29) is 6.04 Å². The molecule has 1 unspecified atom stereocenters. The predicted octanol–water partition coefficient (Wildman–Crippen LogP) is 5.34. The maximum absolute atomic E-state index is 6.21. The second-order valence-corrected chi connectivity index (χ2v) is 6.50. The molecule has 0 amide bonds. The largest absolute Gasteiger partial charge is 0.309 e. The minimum absolute atomic E-state index is 0.170. The zero-order valence-corrected chi connectivity index (χ0v) is 14.6. The van der Waals surface area contributed by atoms with Gasteiger partial charge in [-0.2, -0.15) is 0 Å². The van der Waals surface area contributed by atoms with Gasteiger partial charge in [-0.15, -0.1) is 0 Å². The van der Waals surface area contributed by atoms with Gasteiger partial charge in [0, 0.05) is 9.50 Å². The molecule has 2 rings (SSSR count). The van der Waals surface area contributed by atoms with Crippen molar-refractivity contribution in [3.05, 3.63) is 67.6 Å². The van der Waals surface area contributed by atoms with Gasteiger partial charge in [-0.1, -0.05) is 39.7 Å². The summed E-state index contributed by atoms with van der Waals surface area (Å²) in [4.78, 5) is 0. The van der Waals surface area contributed by atoms with E-state index in [1.807, 2.05) is 20.0 Å². The number of nitrogens with one attached hydrogen (secondary N) is 1. The fourth-order valence-corrected chi connectivity index (χ4v) is 3.11. The van der Waals surface area contributed by atoms with Gasteiger partial charge in [-0.3, -0.25) is 0 Å². The molecule has 2 aromatic rings. The first-order valence-electron chi connectivity index (χ1n) is 6.64. The number of hydrogen-bond donors (Lipinski definition) is 1. The van der Waals surface area contributed by atoms with Gasteiger partial charge in [0.05, 0.1) is 6.04 Å². The smallest absolute Gasteiger partial charge is 0.0580 e. The second-order valence-electron chi connectivity index (χ2n) is 5.18. The highest BCUT2D eigenvalue weighted by molar-refractivity contribution is 9.10. The molecule has 1 nitrogen and oxygen atoms in total. The minimum Gasteiger partial charge on any atom is -0.309 e. The Balaban J connectivity index is 2.58. The van der Waals surface area contributed by atoms with Gasteiger partial charge in [-0.05, 0) is 73.8 Å². The van der Waals surface area contributed by atoms with Crippen LogP contribution in [0.4, 0.5) is 0 Å². The van der Waals surface area contributed by atoms with Crippen LogP contribution in [0, 0.1) is 20.8 Å². The third-order valence-corrected chi connectivity index (χ3v) is 4.60. The van der Waals surface area contributed by atoms with E-state index >= 15 is 0 Å². The molecule has 106 valence electrons. The number of halogens is 2. The lowest BCUT2D eigenvalue weighted by Gasteiger charge is -2.22. The molecule has 0 heterocycles. The van der Waals surface area contributed by atoms with Gasteiger partial charge < -0.3 is 5.32 Å².